The van der Waals surface area contributed by atoms with E-state index in [4.69, 9.17) is 16.3 Å². The molecule has 32 heavy (non-hydrogen) atoms. The molecular weight excluding hydrogens is 455 g/mol. The summed E-state index contributed by atoms with van der Waals surface area (Å²) < 4.78 is 19.1. The topological polar surface area (TPSA) is 84.5 Å². The van der Waals surface area contributed by atoms with Crippen molar-refractivity contribution in [2.24, 2.45) is 0 Å². The van der Waals surface area contributed by atoms with Gasteiger partial charge in [-0.25, -0.2) is 9.18 Å². The molecule has 1 heterocycles. The van der Waals surface area contributed by atoms with Crippen molar-refractivity contribution < 1.29 is 23.5 Å². The van der Waals surface area contributed by atoms with Gasteiger partial charge in [0.25, 0.3) is 11.8 Å². The number of amides is 2. The summed E-state index contributed by atoms with van der Waals surface area (Å²) >= 11 is 7.02. The quantitative estimate of drug-likeness (QED) is 0.439. The van der Waals surface area contributed by atoms with Crippen LogP contribution in [0.4, 0.5) is 15.1 Å². The van der Waals surface area contributed by atoms with E-state index in [-0.39, 0.29) is 27.6 Å². The first kappa shape index (κ1) is 23.4. The monoisotopic (exact) mass is 474 g/mol. The summed E-state index contributed by atoms with van der Waals surface area (Å²) in [6.07, 6.45) is 0. The number of ether oxygens (including phenoxy) is 1. The summed E-state index contributed by atoms with van der Waals surface area (Å²) in [6.45, 7) is 5.18. The highest BCUT2D eigenvalue weighted by Gasteiger charge is 2.27. The third kappa shape index (κ3) is 4.98. The molecule has 166 valence electrons. The van der Waals surface area contributed by atoms with Gasteiger partial charge < -0.3 is 15.4 Å². The Labute approximate surface area is 193 Å². The second-order valence-corrected chi connectivity index (χ2v) is 8.26. The maximum atomic E-state index is 14.0. The van der Waals surface area contributed by atoms with Crippen LogP contribution in [0.5, 0.6) is 0 Å². The Kier molecular flexibility index (Phi) is 7.27. The predicted molar refractivity (Wildman–Crippen MR) is 124 cm³/mol. The predicted octanol–water partition coefficient (Wildman–Crippen LogP) is 5.84. The number of aryl methyl sites for hydroxylation is 1. The molecule has 0 aliphatic heterocycles. The fraction of sp³-hybridized carbons (Fsp3) is 0.174. The van der Waals surface area contributed by atoms with E-state index in [1.165, 1.54) is 18.2 Å². The van der Waals surface area contributed by atoms with E-state index in [0.717, 1.165) is 23.0 Å². The number of anilines is 2. The number of halogens is 2. The molecule has 0 saturated heterocycles. The lowest BCUT2D eigenvalue weighted by Crippen LogP contribution is -2.16. The molecule has 0 bridgehead atoms. The Bertz CT molecular complexity index is 1210. The zero-order valence-electron chi connectivity index (χ0n) is 17.5. The van der Waals surface area contributed by atoms with Gasteiger partial charge in [-0.3, -0.25) is 9.59 Å². The molecule has 2 N–H and O–H groups in total. The summed E-state index contributed by atoms with van der Waals surface area (Å²) in [5, 5.41) is 5.87. The van der Waals surface area contributed by atoms with E-state index >= 15 is 0 Å². The van der Waals surface area contributed by atoms with E-state index in [0.29, 0.717) is 16.3 Å². The summed E-state index contributed by atoms with van der Waals surface area (Å²) in [5.41, 5.74) is 1.54. The molecule has 0 unspecified atom stereocenters. The lowest BCUT2D eigenvalue weighted by atomic mass is 10.1. The zero-order chi connectivity index (χ0) is 23.4. The van der Waals surface area contributed by atoms with Crippen LogP contribution in [0.25, 0.3) is 0 Å². The second-order valence-electron chi connectivity index (χ2n) is 6.83. The Balaban J connectivity index is 1.96. The van der Waals surface area contributed by atoms with E-state index in [9.17, 15) is 18.8 Å². The number of carbonyl (C=O) groups is 3. The molecule has 0 radical (unpaired) electrons. The van der Waals surface area contributed by atoms with Crippen LogP contribution in [0.3, 0.4) is 0 Å². The highest BCUT2D eigenvalue weighted by atomic mass is 35.5. The molecule has 3 aromatic rings. The van der Waals surface area contributed by atoms with Gasteiger partial charge in [-0.15, -0.1) is 11.3 Å². The molecule has 0 aliphatic carbocycles. The van der Waals surface area contributed by atoms with Crippen LogP contribution >= 0.6 is 22.9 Å². The van der Waals surface area contributed by atoms with E-state index in [1.807, 2.05) is 6.92 Å². The lowest BCUT2D eigenvalue weighted by molar-refractivity contribution is 0.0527. The highest BCUT2D eigenvalue weighted by molar-refractivity contribution is 7.19. The zero-order valence-corrected chi connectivity index (χ0v) is 19.1. The van der Waals surface area contributed by atoms with Gasteiger partial charge in [0.2, 0.25) is 0 Å². The molecule has 2 amide bonds. The average Bonchev–Trinajstić information content (AvgIpc) is 3.07. The first-order valence-electron chi connectivity index (χ1n) is 9.66. The van der Waals surface area contributed by atoms with Crippen LogP contribution < -0.4 is 10.6 Å². The summed E-state index contributed by atoms with van der Waals surface area (Å²) in [7, 11) is 0. The van der Waals surface area contributed by atoms with E-state index in [1.54, 1.807) is 32.0 Å². The van der Waals surface area contributed by atoms with Crippen molar-refractivity contribution in [2.75, 3.05) is 17.2 Å². The number of hydrogen-bond donors (Lipinski definition) is 2. The molecule has 0 atom stereocenters. The van der Waals surface area contributed by atoms with Gasteiger partial charge in [-0.05, 0) is 56.2 Å². The first-order valence-corrected chi connectivity index (χ1v) is 10.9. The molecule has 3 rings (SSSR count). The maximum Gasteiger partial charge on any atom is 0.341 e. The molecule has 9 heteroatoms. The number of nitrogens with one attached hydrogen (secondary N) is 2. The Morgan fingerprint density at radius 1 is 1.06 bits per heavy atom. The molecule has 2 aromatic carbocycles. The van der Waals surface area contributed by atoms with Gasteiger partial charge in [0, 0.05) is 10.7 Å². The third-order valence-corrected chi connectivity index (χ3v) is 6.22. The number of thiophene rings is 1. The Morgan fingerprint density at radius 3 is 2.44 bits per heavy atom. The smallest absolute Gasteiger partial charge is 0.341 e. The van der Waals surface area contributed by atoms with Crippen LogP contribution in [0, 0.1) is 19.7 Å². The number of rotatable bonds is 6. The van der Waals surface area contributed by atoms with Crippen LogP contribution in [-0.2, 0) is 4.74 Å². The third-order valence-electron chi connectivity index (χ3n) is 4.61. The largest absolute Gasteiger partial charge is 0.462 e. The Morgan fingerprint density at radius 2 is 1.78 bits per heavy atom. The SMILES string of the molecule is CCOC(=O)c1c(NC(=O)c2ccccc2F)sc(C(=O)Nc2ccc(C)c(Cl)c2)c1C. The Hall–Kier alpha value is -3.23. The first-order chi connectivity index (χ1) is 15.2. The van der Waals surface area contributed by atoms with Crippen LogP contribution in [0.1, 0.15) is 48.4 Å². The van der Waals surface area contributed by atoms with Crippen molar-refractivity contribution in [3.63, 3.8) is 0 Å². The van der Waals surface area contributed by atoms with Crippen molar-refractivity contribution in [3.8, 4) is 0 Å². The molecule has 0 fully saturated rings. The van der Waals surface area contributed by atoms with Crippen molar-refractivity contribution >= 4 is 51.4 Å². The minimum Gasteiger partial charge on any atom is -0.462 e. The van der Waals surface area contributed by atoms with Crippen LogP contribution in [0.2, 0.25) is 5.02 Å². The van der Waals surface area contributed by atoms with Gasteiger partial charge in [0.15, 0.2) is 0 Å². The number of carbonyl (C=O) groups excluding carboxylic acids is 3. The second kappa shape index (κ2) is 9.93. The molecule has 6 nitrogen and oxygen atoms in total. The minimum absolute atomic E-state index is 0.0497. The fourth-order valence-corrected chi connectivity index (χ4v) is 4.21. The standard InChI is InChI=1S/C23H20ClFN2O4S/c1-4-31-23(30)18-13(3)19(21(29)26-14-10-9-12(2)16(24)11-14)32-22(18)27-20(28)15-7-5-6-8-17(15)25/h5-11H,4H2,1-3H3,(H,26,29)(H,27,28). The van der Waals surface area contributed by atoms with Crippen LogP contribution in [0.15, 0.2) is 42.5 Å². The number of esters is 1. The van der Waals surface area contributed by atoms with Gasteiger partial charge in [0.05, 0.1) is 22.6 Å². The van der Waals surface area contributed by atoms with Crippen molar-refractivity contribution in [1.82, 2.24) is 0 Å². The maximum absolute atomic E-state index is 14.0. The van der Waals surface area contributed by atoms with Gasteiger partial charge in [0.1, 0.15) is 10.8 Å². The van der Waals surface area contributed by atoms with E-state index < -0.39 is 23.6 Å². The average molecular weight is 475 g/mol. The van der Waals surface area contributed by atoms with Gasteiger partial charge >= 0.3 is 5.97 Å². The van der Waals surface area contributed by atoms with Crippen molar-refractivity contribution in [1.29, 1.82) is 0 Å². The van der Waals surface area contributed by atoms with Gasteiger partial charge in [-0.2, -0.15) is 0 Å². The summed E-state index contributed by atoms with van der Waals surface area (Å²) in [5.74, 6) is -2.62. The molecule has 0 spiro atoms. The fourth-order valence-electron chi connectivity index (χ4n) is 2.94. The molecule has 1 aromatic heterocycles. The van der Waals surface area contributed by atoms with Crippen molar-refractivity contribution in [3.05, 3.63) is 80.4 Å². The summed E-state index contributed by atoms with van der Waals surface area (Å²) in [4.78, 5) is 38.3. The van der Waals surface area contributed by atoms with Crippen molar-refractivity contribution in [2.45, 2.75) is 20.8 Å². The van der Waals surface area contributed by atoms with E-state index in [2.05, 4.69) is 10.6 Å². The number of benzene rings is 2. The highest BCUT2D eigenvalue weighted by Crippen LogP contribution is 2.35. The van der Waals surface area contributed by atoms with Crippen LogP contribution in [-0.4, -0.2) is 24.4 Å². The summed E-state index contributed by atoms with van der Waals surface area (Å²) in [6, 6.07) is 10.6. The minimum atomic E-state index is -0.743. The normalized spacial score (nSPS) is 10.5. The lowest BCUT2D eigenvalue weighted by Gasteiger charge is -2.07. The molecule has 0 aliphatic rings. The molecular formula is C23H20ClFN2O4S. The van der Waals surface area contributed by atoms with Gasteiger partial charge in [-0.1, -0.05) is 29.8 Å². The molecule has 0 saturated carbocycles. The number of hydrogen-bond acceptors (Lipinski definition) is 5.